The summed E-state index contributed by atoms with van der Waals surface area (Å²) in [5.41, 5.74) is -0.454. The third-order valence-corrected chi connectivity index (χ3v) is 2.71. The monoisotopic (exact) mass is 395 g/mol. The Morgan fingerprint density at radius 1 is 1.58 bits per heavy atom. The van der Waals surface area contributed by atoms with Crippen molar-refractivity contribution < 1.29 is 45.7 Å². The van der Waals surface area contributed by atoms with Gasteiger partial charge in [0.15, 0.2) is 0 Å². The van der Waals surface area contributed by atoms with Crippen molar-refractivity contribution in [1.82, 2.24) is 0 Å². The van der Waals surface area contributed by atoms with Gasteiger partial charge in [-0.3, -0.25) is 0 Å². The van der Waals surface area contributed by atoms with Crippen molar-refractivity contribution in [1.29, 1.82) is 0 Å². The van der Waals surface area contributed by atoms with Crippen LogP contribution in [0.15, 0.2) is 0 Å². The number of ether oxygens (including phenoxy) is 2. The third-order valence-electron chi connectivity index (χ3n) is 2.71. The predicted molar refractivity (Wildman–Crippen MR) is 38.7 cm³/mol. The van der Waals surface area contributed by atoms with Gasteiger partial charge in [-0.25, -0.2) is 0 Å². The maximum atomic E-state index is 9.67. The minimum absolute atomic E-state index is 0. The van der Waals surface area contributed by atoms with Crippen LogP contribution < -0.4 is 0 Å². The van der Waals surface area contributed by atoms with Gasteiger partial charge in [0.1, 0.15) is 0 Å². The van der Waals surface area contributed by atoms with Crippen molar-refractivity contribution >= 4 is 0 Å². The molecule has 3 nitrogen and oxygen atoms in total. The average Bonchev–Trinajstić information content (AvgIpc) is 2.46. The van der Waals surface area contributed by atoms with Crippen LogP contribution in [0, 0.1) is 43.6 Å². The van der Waals surface area contributed by atoms with E-state index in [9.17, 15) is 5.11 Å². The minimum atomic E-state index is -0.470. The fraction of sp³-hybridized carbons (Fsp3) is 0.875. The van der Waals surface area contributed by atoms with Crippen LogP contribution in [0.25, 0.3) is 0 Å². The van der Waals surface area contributed by atoms with Gasteiger partial charge in [0.05, 0.1) is 18.3 Å². The molecule has 3 atom stereocenters. The molecule has 2 heterocycles. The number of hydrogen-bond acceptors (Lipinski definition) is 3. The van der Waals surface area contributed by atoms with Gasteiger partial charge in [0.25, 0.3) is 0 Å². The van der Waals surface area contributed by atoms with Crippen LogP contribution in [0.4, 0.5) is 0 Å². The molecule has 0 aromatic heterocycles. The predicted octanol–water partition coefficient (Wildman–Crippen LogP) is 0.333. The number of aliphatic hydroxyl groups is 1. The van der Waals surface area contributed by atoms with Crippen molar-refractivity contribution in [3.05, 3.63) is 6.61 Å². The standard InChI is InChI=1S/C8H13O3.U/c1-5(2)8-4-10-6(3-11-8)7(8)9;/h3,5-7,9H,4H2,1-2H3;/q-1;/t6-,7-,8+;/m0./s1. The van der Waals surface area contributed by atoms with Gasteiger partial charge in [0, 0.05) is 31.1 Å². The van der Waals surface area contributed by atoms with Gasteiger partial charge in [-0.15, -0.1) is 0 Å². The molecular weight excluding hydrogens is 382 g/mol. The Hall–Kier alpha value is 0.932. The number of rotatable bonds is 1. The summed E-state index contributed by atoms with van der Waals surface area (Å²) in [6.45, 7) is 6.20. The zero-order chi connectivity index (χ0) is 8.06. The Kier molecular flexibility index (Phi) is 3.29. The molecule has 68 valence electrons. The SMILES string of the molecule is CC(C)[C@@]12CO[C@@H]([CH-]O1)[C@@H]2O.[U]. The average molecular weight is 395 g/mol. The maximum Gasteiger partial charge on any atom is 0.0874 e. The molecule has 2 fully saturated rings. The molecule has 0 radical (unpaired) electrons. The minimum Gasteiger partial charge on any atom is -0.541 e. The van der Waals surface area contributed by atoms with E-state index in [1.165, 1.54) is 0 Å². The molecule has 0 spiro atoms. The molecule has 2 rings (SSSR count). The number of fused-ring (bicyclic) bond motifs is 2. The molecule has 2 saturated heterocycles. The molecule has 0 unspecified atom stereocenters. The van der Waals surface area contributed by atoms with Gasteiger partial charge >= 0.3 is 0 Å². The molecule has 2 bridgehead atoms. The Bertz CT molecular complexity index is 164. The van der Waals surface area contributed by atoms with Crippen LogP contribution in [-0.4, -0.2) is 29.5 Å². The topological polar surface area (TPSA) is 38.7 Å². The first-order valence-electron chi connectivity index (χ1n) is 3.97. The largest absolute Gasteiger partial charge is 0.541 e. The van der Waals surface area contributed by atoms with E-state index in [2.05, 4.69) is 0 Å². The van der Waals surface area contributed by atoms with Crippen molar-refractivity contribution in [2.75, 3.05) is 6.61 Å². The summed E-state index contributed by atoms with van der Waals surface area (Å²) < 4.78 is 10.7. The second kappa shape index (κ2) is 3.59. The van der Waals surface area contributed by atoms with Gasteiger partial charge in [-0.2, -0.15) is 6.61 Å². The Morgan fingerprint density at radius 3 is 2.42 bits per heavy atom. The molecule has 12 heavy (non-hydrogen) atoms. The summed E-state index contributed by atoms with van der Waals surface area (Å²) in [5.74, 6) is 0.293. The van der Waals surface area contributed by atoms with E-state index in [-0.39, 0.29) is 37.2 Å². The summed E-state index contributed by atoms with van der Waals surface area (Å²) in [4.78, 5) is 0. The van der Waals surface area contributed by atoms with Crippen molar-refractivity contribution in [2.24, 2.45) is 5.92 Å². The molecule has 0 saturated carbocycles. The normalized spacial score (nSPS) is 45.0. The zero-order valence-corrected chi connectivity index (χ0v) is 11.4. The van der Waals surface area contributed by atoms with E-state index < -0.39 is 11.7 Å². The molecule has 2 aliphatic heterocycles. The van der Waals surface area contributed by atoms with Crippen LogP contribution in [0.2, 0.25) is 0 Å². The smallest absolute Gasteiger partial charge is 0.0874 e. The molecule has 0 aromatic carbocycles. The van der Waals surface area contributed by atoms with E-state index >= 15 is 0 Å². The van der Waals surface area contributed by atoms with E-state index in [1.54, 1.807) is 6.61 Å². The molecular formula is C8H13O3U-. The van der Waals surface area contributed by atoms with Crippen molar-refractivity contribution in [2.45, 2.75) is 31.7 Å². The van der Waals surface area contributed by atoms with Gasteiger partial charge in [-0.05, 0) is 12.0 Å². The maximum absolute atomic E-state index is 9.67. The van der Waals surface area contributed by atoms with Crippen LogP contribution in [0.3, 0.4) is 0 Å². The van der Waals surface area contributed by atoms with E-state index in [0.717, 1.165) is 0 Å². The second-order valence-corrected chi connectivity index (χ2v) is 3.58. The number of hydrogen-bond donors (Lipinski definition) is 1. The summed E-state index contributed by atoms with van der Waals surface area (Å²) >= 11 is 0. The molecule has 2 aliphatic rings. The molecule has 4 heteroatoms. The first-order chi connectivity index (χ1) is 5.17. The van der Waals surface area contributed by atoms with Gasteiger partial charge in [-0.1, -0.05) is 13.8 Å². The van der Waals surface area contributed by atoms with Crippen LogP contribution in [0.1, 0.15) is 13.8 Å². The summed E-state index contributed by atoms with van der Waals surface area (Å²) in [6, 6.07) is 0. The van der Waals surface area contributed by atoms with E-state index in [1.807, 2.05) is 13.8 Å². The van der Waals surface area contributed by atoms with Crippen LogP contribution in [-0.2, 0) is 9.47 Å². The summed E-state index contributed by atoms with van der Waals surface area (Å²) in [5, 5.41) is 9.67. The van der Waals surface area contributed by atoms with Gasteiger partial charge < -0.3 is 14.6 Å². The Balaban J connectivity index is 0.000000720. The molecule has 0 amide bonds. The quantitative estimate of drug-likeness (QED) is 0.651. The van der Waals surface area contributed by atoms with Gasteiger partial charge in [0.2, 0.25) is 0 Å². The van der Waals surface area contributed by atoms with E-state index in [0.29, 0.717) is 12.5 Å². The van der Waals surface area contributed by atoms with Crippen molar-refractivity contribution in [3.8, 4) is 0 Å². The summed E-state index contributed by atoms with van der Waals surface area (Å²) in [7, 11) is 0. The fourth-order valence-corrected chi connectivity index (χ4v) is 1.74. The Morgan fingerprint density at radius 2 is 2.25 bits per heavy atom. The summed E-state index contributed by atoms with van der Waals surface area (Å²) in [6.07, 6.45) is -0.667. The Labute approximate surface area is 96.2 Å². The second-order valence-electron chi connectivity index (χ2n) is 3.58. The molecule has 0 aliphatic carbocycles. The van der Waals surface area contributed by atoms with Crippen LogP contribution >= 0.6 is 0 Å². The fourth-order valence-electron chi connectivity index (χ4n) is 1.74. The van der Waals surface area contributed by atoms with Crippen LogP contribution in [0.5, 0.6) is 0 Å². The van der Waals surface area contributed by atoms with Crippen molar-refractivity contribution in [3.63, 3.8) is 0 Å². The first kappa shape index (κ1) is 11.0. The third kappa shape index (κ3) is 1.29. The zero-order valence-electron chi connectivity index (χ0n) is 7.28. The molecule has 0 aromatic rings. The molecule has 1 N–H and O–H groups in total. The number of aliphatic hydroxyl groups excluding tert-OH is 1. The van der Waals surface area contributed by atoms with E-state index in [4.69, 9.17) is 9.47 Å². The first-order valence-corrected chi connectivity index (χ1v) is 3.97.